The highest BCUT2D eigenvalue weighted by atomic mass is 14.2. The van der Waals surface area contributed by atoms with Crippen LogP contribution in [0.5, 0.6) is 0 Å². The summed E-state index contributed by atoms with van der Waals surface area (Å²) in [5.74, 6) is 0. The summed E-state index contributed by atoms with van der Waals surface area (Å²) in [6, 6.07) is 1.90. The van der Waals surface area contributed by atoms with Gasteiger partial charge in [0.2, 0.25) is 0 Å². The van der Waals surface area contributed by atoms with Crippen molar-refractivity contribution in [1.82, 2.24) is 0 Å². The van der Waals surface area contributed by atoms with Crippen LogP contribution in [0.25, 0.3) is 0 Å². The Kier molecular flexibility index (Phi) is 9.81. The molecule has 0 atom stereocenters. The van der Waals surface area contributed by atoms with Gasteiger partial charge in [-0.1, -0.05) is 38.7 Å². The summed E-state index contributed by atoms with van der Waals surface area (Å²) in [5.41, 5.74) is 1.38. The van der Waals surface area contributed by atoms with E-state index in [1.54, 1.807) is 12.2 Å². The Morgan fingerprint density at radius 3 is 2.00 bits per heavy atom. The molecule has 0 saturated carbocycles. The van der Waals surface area contributed by atoms with Gasteiger partial charge in [-0.25, -0.2) is 0 Å². The number of allylic oxidation sites excluding steroid dienone is 4. The van der Waals surface area contributed by atoms with Crippen LogP contribution in [0.4, 0.5) is 0 Å². The first-order chi connectivity index (χ1) is 5.16. The van der Waals surface area contributed by atoms with Crippen LogP contribution in [0.15, 0.2) is 36.5 Å². The van der Waals surface area contributed by atoms with Gasteiger partial charge in [0, 0.05) is 5.57 Å². The molecule has 1 nitrogen and oxygen atoms in total. The Morgan fingerprint density at radius 1 is 1.27 bits per heavy atom. The molecule has 60 valence electrons. The Labute approximate surface area is 69.4 Å². The lowest BCUT2D eigenvalue weighted by molar-refractivity contribution is 1.49. The highest BCUT2D eigenvalue weighted by molar-refractivity contribution is 5.32. The topological polar surface area (TPSA) is 23.8 Å². The zero-order chi connectivity index (χ0) is 9.28. The fraction of sp³-hybridized carbons (Fsp3) is 0.300. The molecule has 0 aliphatic carbocycles. The Bertz CT molecular complexity index is 191. The minimum atomic E-state index is 0.456. The smallest absolute Gasteiger partial charge is 0.0985 e. The van der Waals surface area contributed by atoms with E-state index in [1.807, 2.05) is 26.8 Å². The van der Waals surface area contributed by atoms with E-state index in [0.29, 0.717) is 5.57 Å². The molecule has 0 aromatic heterocycles. The summed E-state index contributed by atoms with van der Waals surface area (Å²) in [6.07, 6.45) is 3.40. The normalized spacial score (nSPS) is 7.82. The molecule has 0 aliphatic heterocycles. The third kappa shape index (κ3) is 12.0. The quantitative estimate of drug-likeness (QED) is 0.437. The molecule has 0 spiro atoms. The van der Waals surface area contributed by atoms with E-state index in [2.05, 4.69) is 13.2 Å². The highest BCUT2D eigenvalue weighted by Crippen LogP contribution is 1.94. The van der Waals surface area contributed by atoms with Crippen LogP contribution in [-0.2, 0) is 0 Å². The van der Waals surface area contributed by atoms with Crippen LogP contribution in [0.3, 0.4) is 0 Å². The lowest BCUT2D eigenvalue weighted by Crippen LogP contribution is -1.65. The minimum absolute atomic E-state index is 0.456. The predicted molar refractivity (Wildman–Crippen MR) is 50.1 cm³/mol. The van der Waals surface area contributed by atoms with Crippen molar-refractivity contribution in [3.8, 4) is 6.07 Å². The van der Waals surface area contributed by atoms with E-state index < -0.39 is 0 Å². The molecular formula is C10H15N. The summed E-state index contributed by atoms with van der Waals surface area (Å²) >= 11 is 0. The summed E-state index contributed by atoms with van der Waals surface area (Å²) in [5, 5.41) is 8.22. The SMILES string of the molecule is C=C(C)/C=C\C(=C)C#N.CC. The first-order valence-corrected chi connectivity index (χ1v) is 3.59. The van der Waals surface area contributed by atoms with Crippen LogP contribution in [-0.4, -0.2) is 0 Å². The summed E-state index contributed by atoms with van der Waals surface area (Å²) < 4.78 is 0. The lowest BCUT2D eigenvalue weighted by Gasteiger charge is -1.82. The van der Waals surface area contributed by atoms with Gasteiger partial charge >= 0.3 is 0 Å². The Hall–Kier alpha value is -1.29. The van der Waals surface area contributed by atoms with Crippen molar-refractivity contribution in [3.05, 3.63) is 36.5 Å². The van der Waals surface area contributed by atoms with E-state index in [9.17, 15) is 0 Å². The van der Waals surface area contributed by atoms with Crippen LogP contribution < -0.4 is 0 Å². The number of nitrogens with zero attached hydrogens (tertiary/aromatic N) is 1. The zero-order valence-electron chi connectivity index (χ0n) is 7.52. The standard InChI is InChI=1S/C8H9N.C2H6/c1-7(2)4-5-8(3)6-9;1-2/h4-5H,1,3H2,2H3;1-2H3/b5-4-;. The van der Waals surface area contributed by atoms with Crippen LogP contribution in [0.1, 0.15) is 20.8 Å². The molecule has 0 radical (unpaired) electrons. The predicted octanol–water partition coefficient (Wildman–Crippen LogP) is 3.22. The first kappa shape index (κ1) is 12.4. The second kappa shape index (κ2) is 8.71. The van der Waals surface area contributed by atoms with Crippen molar-refractivity contribution in [1.29, 1.82) is 5.26 Å². The first-order valence-electron chi connectivity index (χ1n) is 3.59. The third-order valence-corrected chi connectivity index (χ3v) is 0.713. The maximum absolute atomic E-state index is 8.22. The van der Waals surface area contributed by atoms with E-state index in [1.165, 1.54) is 0 Å². The van der Waals surface area contributed by atoms with E-state index in [4.69, 9.17) is 5.26 Å². The monoisotopic (exact) mass is 149 g/mol. The maximum atomic E-state index is 8.22. The van der Waals surface area contributed by atoms with Gasteiger partial charge in [-0.3, -0.25) is 0 Å². The summed E-state index contributed by atoms with van der Waals surface area (Å²) in [4.78, 5) is 0. The van der Waals surface area contributed by atoms with Crippen LogP contribution >= 0.6 is 0 Å². The maximum Gasteiger partial charge on any atom is 0.0985 e. The second-order valence-corrected chi connectivity index (χ2v) is 1.82. The minimum Gasteiger partial charge on any atom is -0.192 e. The van der Waals surface area contributed by atoms with Gasteiger partial charge in [-0.05, 0) is 13.0 Å². The molecule has 0 aromatic rings. The third-order valence-electron chi connectivity index (χ3n) is 0.713. The molecule has 0 fully saturated rings. The Balaban J connectivity index is 0. The molecule has 0 aliphatic rings. The molecule has 0 bridgehead atoms. The molecule has 0 rings (SSSR count). The number of rotatable bonds is 2. The zero-order valence-corrected chi connectivity index (χ0v) is 7.52. The van der Waals surface area contributed by atoms with E-state index in [-0.39, 0.29) is 0 Å². The van der Waals surface area contributed by atoms with Crippen molar-refractivity contribution in [2.45, 2.75) is 20.8 Å². The number of hydrogen-bond donors (Lipinski definition) is 0. The van der Waals surface area contributed by atoms with Gasteiger partial charge in [0.05, 0.1) is 6.07 Å². The fourth-order valence-corrected chi connectivity index (χ4v) is 0.280. The summed E-state index contributed by atoms with van der Waals surface area (Å²) in [6.45, 7) is 12.9. The van der Waals surface area contributed by atoms with Gasteiger partial charge in [-0.2, -0.15) is 5.26 Å². The van der Waals surface area contributed by atoms with Gasteiger partial charge in [-0.15, -0.1) is 0 Å². The number of nitriles is 1. The second-order valence-electron chi connectivity index (χ2n) is 1.82. The van der Waals surface area contributed by atoms with Gasteiger partial charge in [0.1, 0.15) is 0 Å². The van der Waals surface area contributed by atoms with E-state index >= 15 is 0 Å². The van der Waals surface area contributed by atoms with Crippen LogP contribution in [0, 0.1) is 11.3 Å². The molecule has 0 amide bonds. The lowest BCUT2D eigenvalue weighted by atomic mass is 10.2. The molecule has 0 unspecified atom stereocenters. The molecule has 1 heteroatoms. The molecule has 0 heterocycles. The highest BCUT2D eigenvalue weighted by Gasteiger charge is 1.78. The molecule has 11 heavy (non-hydrogen) atoms. The Morgan fingerprint density at radius 2 is 1.73 bits per heavy atom. The van der Waals surface area contributed by atoms with Crippen LogP contribution in [0.2, 0.25) is 0 Å². The largest absolute Gasteiger partial charge is 0.192 e. The molecular weight excluding hydrogens is 134 g/mol. The van der Waals surface area contributed by atoms with Crippen molar-refractivity contribution in [2.24, 2.45) is 0 Å². The molecule has 0 aromatic carbocycles. The van der Waals surface area contributed by atoms with Gasteiger partial charge in [0.15, 0.2) is 0 Å². The van der Waals surface area contributed by atoms with Crippen molar-refractivity contribution < 1.29 is 0 Å². The fourth-order valence-electron chi connectivity index (χ4n) is 0.280. The summed E-state index contributed by atoms with van der Waals surface area (Å²) in [7, 11) is 0. The number of hydrogen-bond acceptors (Lipinski definition) is 1. The van der Waals surface area contributed by atoms with Gasteiger partial charge in [0.25, 0.3) is 0 Å². The van der Waals surface area contributed by atoms with E-state index in [0.717, 1.165) is 5.57 Å². The van der Waals surface area contributed by atoms with Gasteiger partial charge < -0.3 is 0 Å². The molecule has 0 saturated heterocycles. The average Bonchev–Trinajstić information content (AvgIpc) is 2.04. The van der Waals surface area contributed by atoms with Crippen molar-refractivity contribution >= 4 is 0 Å². The molecule has 0 N–H and O–H groups in total. The van der Waals surface area contributed by atoms with Crippen molar-refractivity contribution in [3.63, 3.8) is 0 Å². The average molecular weight is 149 g/mol. The van der Waals surface area contributed by atoms with Crippen molar-refractivity contribution in [2.75, 3.05) is 0 Å².